The summed E-state index contributed by atoms with van der Waals surface area (Å²) in [5.41, 5.74) is 3.21. The van der Waals surface area contributed by atoms with Crippen LogP contribution < -0.4 is 5.32 Å². The van der Waals surface area contributed by atoms with Crippen molar-refractivity contribution in [2.24, 2.45) is 0 Å². The maximum Gasteiger partial charge on any atom is 0.322 e. The van der Waals surface area contributed by atoms with Crippen LogP contribution in [0.5, 0.6) is 0 Å². The summed E-state index contributed by atoms with van der Waals surface area (Å²) in [6.07, 6.45) is 0.936. The van der Waals surface area contributed by atoms with Crippen LogP contribution >= 0.6 is 11.8 Å². The molecule has 86 valence electrons. The number of carboxylic acid groups (broad SMARTS) is 1. The molecule has 16 heavy (non-hydrogen) atoms. The summed E-state index contributed by atoms with van der Waals surface area (Å²) in [6, 6.07) is 0. The molecule has 2 rings (SSSR count). The summed E-state index contributed by atoms with van der Waals surface area (Å²) < 4.78 is 0. The third-order valence-electron chi connectivity index (χ3n) is 2.43. The van der Waals surface area contributed by atoms with Gasteiger partial charge in [0, 0.05) is 17.0 Å². The van der Waals surface area contributed by atoms with Crippen molar-refractivity contribution >= 4 is 23.7 Å². The van der Waals surface area contributed by atoms with E-state index in [1.165, 1.54) is 5.56 Å². The molecule has 0 saturated heterocycles. The summed E-state index contributed by atoms with van der Waals surface area (Å²) >= 11 is 1.88. The Morgan fingerprint density at radius 1 is 1.56 bits per heavy atom. The largest absolute Gasteiger partial charge is 0.480 e. The highest BCUT2D eigenvalue weighted by atomic mass is 32.2. The fourth-order valence-electron chi connectivity index (χ4n) is 1.63. The minimum Gasteiger partial charge on any atom is -0.480 e. The summed E-state index contributed by atoms with van der Waals surface area (Å²) in [7, 11) is 0. The Hall–Kier alpha value is -1.30. The number of aryl methyl sites for hydroxylation is 2. The summed E-state index contributed by atoms with van der Waals surface area (Å²) in [5, 5.41) is 11.3. The van der Waals surface area contributed by atoms with E-state index in [1.54, 1.807) is 0 Å². The Bertz CT molecular complexity index is 423. The molecule has 5 nitrogen and oxygen atoms in total. The first-order valence-corrected chi connectivity index (χ1v) is 6.22. The number of hydrogen-bond donors (Lipinski definition) is 2. The second-order valence-electron chi connectivity index (χ2n) is 3.61. The van der Waals surface area contributed by atoms with Crippen molar-refractivity contribution in [2.45, 2.75) is 19.1 Å². The van der Waals surface area contributed by atoms with Crippen LogP contribution in [0.3, 0.4) is 0 Å². The number of aromatic nitrogens is 2. The lowest BCUT2D eigenvalue weighted by molar-refractivity contribution is -0.134. The molecule has 1 aliphatic heterocycles. The van der Waals surface area contributed by atoms with Crippen molar-refractivity contribution in [2.75, 3.05) is 17.6 Å². The van der Waals surface area contributed by atoms with Crippen LogP contribution in [0.25, 0.3) is 0 Å². The molecule has 0 unspecified atom stereocenters. The number of rotatable bonds is 3. The molecule has 0 radical (unpaired) electrons. The number of anilines is 1. The Kier molecular flexibility index (Phi) is 3.28. The zero-order valence-electron chi connectivity index (χ0n) is 8.99. The minimum atomic E-state index is -0.908. The zero-order chi connectivity index (χ0) is 11.5. The van der Waals surface area contributed by atoms with Gasteiger partial charge in [-0.25, -0.2) is 9.97 Å². The fraction of sp³-hybridized carbons (Fsp3) is 0.500. The molecule has 0 spiro atoms. The van der Waals surface area contributed by atoms with Gasteiger partial charge < -0.3 is 10.4 Å². The summed E-state index contributed by atoms with van der Waals surface area (Å²) in [5.74, 6) is 1.54. The molecule has 0 atom stereocenters. The van der Waals surface area contributed by atoms with Crippen LogP contribution in [0.4, 0.5) is 5.95 Å². The second-order valence-corrected chi connectivity index (χ2v) is 4.71. The molecular formula is C10H13N3O2S. The predicted octanol–water partition coefficient (Wildman–Crippen LogP) is 1.07. The average molecular weight is 239 g/mol. The number of nitrogens with one attached hydrogen (secondary N) is 1. The molecule has 6 heteroatoms. The number of aliphatic carboxylic acids is 1. The van der Waals surface area contributed by atoms with E-state index in [1.807, 2.05) is 18.7 Å². The van der Waals surface area contributed by atoms with Gasteiger partial charge in [-0.1, -0.05) is 0 Å². The van der Waals surface area contributed by atoms with Gasteiger partial charge in [0.25, 0.3) is 0 Å². The van der Waals surface area contributed by atoms with Crippen molar-refractivity contribution in [3.8, 4) is 0 Å². The molecule has 0 fully saturated rings. The van der Waals surface area contributed by atoms with Crippen molar-refractivity contribution in [1.29, 1.82) is 0 Å². The Morgan fingerprint density at radius 2 is 2.38 bits per heavy atom. The van der Waals surface area contributed by atoms with Crippen LogP contribution in [0.2, 0.25) is 0 Å². The first kappa shape index (κ1) is 11.2. The molecule has 0 saturated carbocycles. The quantitative estimate of drug-likeness (QED) is 0.822. The van der Waals surface area contributed by atoms with Crippen LogP contribution in [-0.4, -0.2) is 33.3 Å². The number of carbonyl (C=O) groups is 1. The first-order chi connectivity index (χ1) is 7.66. The molecule has 0 aromatic carbocycles. The predicted molar refractivity (Wildman–Crippen MR) is 62.8 cm³/mol. The van der Waals surface area contributed by atoms with E-state index in [0.717, 1.165) is 29.3 Å². The van der Waals surface area contributed by atoms with Gasteiger partial charge in [0.2, 0.25) is 5.95 Å². The van der Waals surface area contributed by atoms with E-state index >= 15 is 0 Å². The minimum absolute atomic E-state index is 0.146. The van der Waals surface area contributed by atoms with E-state index in [0.29, 0.717) is 5.95 Å². The SMILES string of the molecule is Cc1nc(NCC(=O)O)nc2c1CSCC2. The monoisotopic (exact) mass is 239 g/mol. The summed E-state index contributed by atoms with van der Waals surface area (Å²) in [6.45, 7) is 1.80. The molecular weight excluding hydrogens is 226 g/mol. The molecule has 2 heterocycles. The molecule has 1 aliphatic rings. The highest BCUT2D eigenvalue weighted by Gasteiger charge is 2.15. The molecule has 2 N–H and O–H groups in total. The van der Waals surface area contributed by atoms with E-state index in [2.05, 4.69) is 15.3 Å². The maximum absolute atomic E-state index is 10.4. The number of hydrogen-bond acceptors (Lipinski definition) is 5. The van der Waals surface area contributed by atoms with E-state index in [-0.39, 0.29) is 6.54 Å². The lowest BCUT2D eigenvalue weighted by Crippen LogP contribution is -2.17. The van der Waals surface area contributed by atoms with Crippen molar-refractivity contribution < 1.29 is 9.90 Å². The van der Waals surface area contributed by atoms with Crippen molar-refractivity contribution in [1.82, 2.24) is 9.97 Å². The molecule has 0 aliphatic carbocycles. The van der Waals surface area contributed by atoms with Gasteiger partial charge in [0.05, 0.1) is 5.69 Å². The second kappa shape index (κ2) is 4.69. The van der Waals surface area contributed by atoms with Gasteiger partial charge in [-0.05, 0) is 19.1 Å². The third-order valence-corrected chi connectivity index (χ3v) is 3.41. The van der Waals surface area contributed by atoms with E-state index in [9.17, 15) is 4.79 Å². The smallest absolute Gasteiger partial charge is 0.322 e. The highest BCUT2D eigenvalue weighted by Crippen LogP contribution is 2.25. The lowest BCUT2D eigenvalue weighted by Gasteiger charge is -2.17. The van der Waals surface area contributed by atoms with Crippen LogP contribution in [-0.2, 0) is 17.0 Å². The number of carboxylic acids is 1. The van der Waals surface area contributed by atoms with Gasteiger partial charge >= 0.3 is 5.97 Å². The van der Waals surface area contributed by atoms with Crippen LogP contribution in [0.15, 0.2) is 0 Å². The normalized spacial score (nSPS) is 14.3. The maximum atomic E-state index is 10.4. The zero-order valence-corrected chi connectivity index (χ0v) is 9.80. The van der Waals surface area contributed by atoms with Crippen LogP contribution in [0, 0.1) is 6.92 Å². The fourth-order valence-corrected chi connectivity index (χ4v) is 2.69. The molecule has 0 amide bonds. The lowest BCUT2D eigenvalue weighted by atomic mass is 10.1. The highest BCUT2D eigenvalue weighted by molar-refractivity contribution is 7.98. The van der Waals surface area contributed by atoms with Gasteiger partial charge in [0.1, 0.15) is 6.54 Å². The Morgan fingerprint density at radius 3 is 3.12 bits per heavy atom. The van der Waals surface area contributed by atoms with E-state index in [4.69, 9.17) is 5.11 Å². The Labute approximate surface area is 97.7 Å². The van der Waals surface area contributed by atoms with Gasteiger partial charge in [-0.15, -0.1) is 0 Å². The standard InChI is InChI=1S/C10H13N3O2S/c1-6-7-5-16-3-2-8(7)13-10(12-6)11-4-9(14)15/h2-5H2,1H3,(H,14,15)(H,11,12,13). The van der Waals surface area contributed by atoms with Gasteiger partial charge in [0.15, 0.2) is 0 Å². The summed E-state index contributed by atoms with van der Waals surface area (Å²) in [4.78, 5) is 19.0. The van der Waals surface area contributed by atoms with Gasteiger partial charge in [-0.3, -0.25) is 4.79 Å². The molecule has 1 aromatic heterocycles. The average Bonchev–Trinajstić information content (AvgIpc) is 2.26. The van der Waals surface area contributed by atoms with E-state index < -0.39 is 5.97 Å². The molecule has 0 bridgehead atoms. The topological polar surface area (TPSA) is 75.1 Å². The third kappa shape index (κ3) is 2.44. The number of fused-ring (bicyclic) bond motifs is 1. The molecule has 1 aromatic rings. The van der Waals surface area contributed by atoms with Crippen molar-refractivity contribution in [3.63, 3.8) is 0 Å². The van der Waals surface area contributed by atoms with Crippen LogP contribution in [0.1, 0.15) is 17.0 Å². The van der Waals surface area contributed by atoms with Crippen molar-refractivity contribution in [3.05, 3.63) is 17.0 Å². The number of nitrogens with zero attached hydrogens (tertiary/aromatic N) is 2. The number of thioether (sulfide) groups is 1. The Balaban J connectivity index is 2.21. The van der Waals surface area contributed by atoms with Gasteiger partial charge in [-0.2, -0.15) is 11.8 Å². The first-order valence-electron chi connectivity index (χ1n) is 5.06.